The number of fused-ring (bicyclic) bond motifs is 7. The molecule has 1 unspecified atom stereocenters. The van der Waals surface area contributed by atoms with Gasteiger partial charge in [-0.2, -0.15) is 0 Å². The lowest BCUT2D eigenvalue weighted by Gasteiger charge is -2.32. The van der Waals surface area contributed by atoms with E-state index < -0.39 is 0 Å². The molecule has 11 rings (SSSR count). The molecular weight excluding hydrogens is 691 g/mol. The highest BCUT2D eigenvalue weighted by Gasteiger charge is 2.24. The molecule has 0 bridgehead atoms. The molecule has 270 valence electrons. The van der Waals surface area contributed by atoms with Gasteiger partial charge < -0.3 is 9.32 Å². The molecule has 2 heteroatoms. The van der Waals surface area contributed by atoms with Crippen molar-refractivity contribution >= 4 is 71.2 Å². The maximum atomic E-state index is 6.54. The van der Waals surface area contributed by atoms with Crippen molar-refractivity contribution in [3.63, 3.8) is 0 Å². The maximum absolute atomic E-state index is 6.54. The number of nitrogens with zero attached hydrogens (tertiary/aromatic N) is 1. The zero-order valence-corrected chi connectivity index (χ0v) is 31.7. The summed E-state index contributed by atoms with van der Waals surface area (Å²) < 4.78 is 6.54. The van der Waals surface area contributed by atoms with E-state index >= 15 is 0 Å². The van der Waals surface area contributed by atoms with Gasteiger partial charge in [-0.05, 0) is 104 Å². The van der Waals surface area contributed by atoms with E-state index in [2.05, 4.69) is 206 Å². The predicted octanol–water partition coefficient (Wildman–Crippen LogP) is 15.5. The molecule has 0 N–H and O–H groups in total. The minimum absolute atomic E-state index is 0.325. The molecule has 2 nitrogen and oxygen atoms in total. The first-order chi connectivity index (χ1) is 28.2. The fourth-order valence-corrected chi connectivity index (χ4v) is 9.10. The fourth-order valence-electron chi connectivity index (χ4n) is 9.10. The number of anilines is 2. The van der Waals surface area contributed by atoms with Gasteiger partial charge >= 0.3 is 0 Å². The second-order valence-electron chi connectivity index (χ2n) is 15.4. The van der Waals surface area contributed by atoms with Gasteiger partial charge in [-0.1, -0.05) is 171 Å². The average molecular weight is 730 g/mol. The molecule has 0 aliphatic heterocycles. The molecule has 10 aromatic rings. The maximum Gasteiger partial charge on any atom is 0.143 e. The van der Waals surface area contributed by atoms with Crippen LogP contribution in [0.15, 0.2) is 210 Å². The van der Waals surface area contributed by atoms with Crippen molar-refractivity contribution in [3.8, 4) is 22.3 Å². The number of benzene rings is 9. The van der Waals surface area contributed by atoms with Crippen molar-refractivity contribution in [2.45, 2.75) is 13.3 Å². The van der Waals surface area contributed by atoms with E-state index in [0.29, 0.717) is 5.92 Å². The van der Waals surface area contributed by atoms with E-state index in [9.17, 15) is 0 Å². The first-order valence-electron chi connectivity index (χ1n) is 19.9. The number of hydrogen-bond acceptors (Lipinski definition) is 2. The van der Waals surface area contributed by atoms with Gasteiger partial charge in [0.2, 0.25) is 0 Å². The Bertz CT molecular complexity index is 3230. The molecular formula is C55H39NO. The Hall–Kier alpha value is -7.16. The van der Waals surface area contributed by atoms with Crippen LogP contribution in [0.25, 0.3) is 82.1 Å². The third kappa shape index (κ3) is 5.72. The fraction of sp³-hybridized carbons (Fsp3) is 0.0545. The molecule has 0 saturated carbocycles. The zero-order valence-electron chi connectivity index (χ0n) is 31.7. The second kappa shape index (κ2) is 13.5. The number of allylic oxidation sites excluding steroid dienone is 4. The van der Waals surface area contributed by atoms with Crippen LogP contribution in [0.3, 0.4) is 0 Å². The Morgan fingerprint density at radius 3 is 1.98 bits per heavy atom. The Kier molecular flexibility index (Phi) is 7.89. The van der Waals surface area contributed by atoms with Gasteiger partial charge in [0, 0.05) is 33.1 Å². The minimum Gasteiger partial charge on any atom is -0.455 e. The summed E-state index contributed by atoms with van der Waals surface area (Å²) in [6.07, 6.45) is 5.70. The van der Waals surface area contributed by atoms with Crippen molar-refractivity contribution in [3.05, 3.63) is 211 Å². The first-order valence-corrected chi connectivity index (χ1v) is 19.9. The Morgan fingerprint density at radius 2 is 1.12 bits per heavy atom. The number of para-hydroxylation sites is 2. The lowest BCUT2D eigenvalue weighted by molar-refractivity contribution is 0.666. The Morgan fingerprint density at radius 1 is 0.474 bits per heavy atom. The van der Waals surface area contributed by atoms with Gasteiger partial charge in [-0.15, -0.1) is 0 Å². The summed E-state index contributed by atoms with van der Waals surface area (Å²) in [6, 6.07) is 68.2. The van der Waals surface area contributed by atoms with Gasteiger partial charge in [-0.3, -0.25) is 0 Å². The van der Waals surface area contributed by atoms with Crippen molar-refractivity contribution in [2.75, 3.05) is 4.90 Å². The SMILES string of the molecule is CC1C=C(c2cccc3c2oc2ccccc23)C=C(N(c2ccc(-c3cccc(-c4cccc5c4ccc4ccccc45)c3)cc2)c2cccc3ccccc23)C1. The van der Waals surface area contributed by atoms with Crippen LogP contribution in [0.5, 0.6) is 0 Å². The molecule has 1 aromatic heterocycles. The Balaban J connectivity index is 1.01. The number of furan rings is 1. The van der Waals surface area contributed by atoms with Crippen LogP contribution in [-0.2, 0) is 0 Å². The predicted molar refractivity (Wildman–Crippen MR) is 242 cm³/mol. The summed E-state index contributed by atoms with van der Waals surface area (Å²) in [6.45, 7) is 2.32. The summed E-state index contributed by atoms with van der Waals surface area (Å²) in [7, 11) is 0. The van der Waals surface area contributed by atoms with Crippen LogP contribution < -0.4 is 4.90 Å². The summed E-state index contributed by atoms with van der Waals surface area (Å²) in [5.41, 5.74) is 12.6. The summed E-state index contributed by atoms with van der Waals surface area (Å²) in [4.78, 5) is 2.48. The van der Waals surface area contributed by atoms with Crippen molar-refractivity contribution in [1.29, 1.82) is 0 Å². The zero-order chi connectivity index (χ0) is 37.9. The average Bonchev–Trinajstić information content (AvgIpc) is 3.65. The Labute approximate surface area is 332 Å². The second-order valence-corrected chi connectivity index (χ2v) is 15.4. The van der Waals surface area contributed by atoms with Crippen LogP contribution >= 0.6 is 0 Å². The lowest BCUT2D eigenvalue weighted by atomic mass is 9.89. The van der Waals surface area contributed by atoms with E-state index in [1.54, 1.807) is 0 Å². The first kappa shape index (κ1) is 33.2. The standard InChI is InChI=1S/C55H39NO/c1-36-32-42(48-21-11-23-52-51-19-6-7-25-54(51)57-55(48)52)35-44(33-36)56(53-24-9-14-38-12-3-5-18-47(38)53)43-29-26-37(27-30-43)40-15-8-16-41(34-40)46-20-10-22-49-45-17-4-2-13-39(45)28-31-50(46)49/h2-32,34-36H,33H2,1H3. The summed E-state index contributed by atoms with van der Waals surface area (Å²) in [5.74, 6) is 0.325. The highest BCUT2D eigenvalue weighted by molar-refractivity contribution is 6.12. The van der Waals surface area contributed by atoms with Gasteiger partial charge in [0.05, 0.1) is 5.69 Å². The van der Waals surface area contributed by atoms with Crippen LogP contribution in [0.2, 0.25) is 0 Å². The molecule has 1 aliphatic rings. The van der Waals surface area contributed by atoms with Gasteiger partial charge in [0.25, 0.3) is 0 Å². The molecule has 1 heterocycles. The monoisotopic (exact) mass is 729 g/mol. The molecule has 57 heavy (non-hydrogen) atoms. The van der Waals surface area contributed by atoms with E-state index in [1.807, 2.05) is 6.07 Å². The smallest absolute Gasteiger partial charge is 0.143 e. The molecule has 0 radical (unpaired) electrons. The molecule has 0 spiro atoms. The highest BCUT2D eigenvalue weighted by Crippen LogP contribution is 2.43. The summed E-state index contributed by atoms with van der Waals surface area (Å²) >= 11 is 0. The largest absolute Gasteiger partial charge is 0.455 e. The van der Waals surface area contributed by atoms with Crippen molar-refractivity contribution in [2.24, 2.45) is 5.92 Å². The van der Waals surface area contributed by atoms with Crippen LogP contribution in [0, 0.1) is 5.92 Å². The normalized spacial score (nSPS) is 14.4. The number of rotatable bonds is 6. The van der Waals surface area contributed by atoms with Crippen LogP contribution in [-0.4, -0.2) is 0 Å². The summed E-state index contributed by atoms with van der Waals surface area (Å²) in [5, 5.41) is 9.86. The lowest BCUT2D eigenvalue weighted by Crippen LogP contribution is -2.20. The van der Waals surface area contributed by atoms with E-state index in [0.717, 1.165) is 39.6 Å². The van der Waals surface area contributed by atoms with Crippen LogP contribution in [0.1, 0.15) is 18.9 Å². The van der Waals surface area contributed by atoms with Crippen LogP contribution in [0.4, 0.5) is 11.4 Å². The minimum atomic E-state index is 0.325. The molecule has 0 saturated heterocycles. The van der Waals surface area contributed by atoms with Crippen molar-refractivity contribution < 1.29 is 4.42 Å². The third-order valence-electron chi connectivity index (χ3n) is 11.7. The third-order valence-corrected chi connectivity index (χ3v) is 11.7. The van der Waals surface area contributed by atoms with Gasteiger partial charge in [-0.25, -0.2) is 0 Å². The quantitative estimate of drug-likeness (QED) is 0.158. The van der Waals surface area contributed by atoms with E-state index in [4.69, 9.17) is 4.42 Å². The highest BCUT2D eigenvalue weighted by atomic mass is 16.3. The molecule has 0 amide bonds. The molecule has 1 atom stereocenters. The van der Waals surface area contributed by atoms with Crippen molar-refractivity contribution in [1.82, 2.24) is 0 Å². The topological polar surface area (TPSA) is 16.4 Å². The van der Waals surface area contributed by atoms with Gasteiger partial charge in [0.1, 0.15) is 11.2 Å². The molecule has 0 fully saturated rings. The van der Waals surface area contributed by atoms with E-state index in [1.165, 1.54) is 71.5 Å². The van der Waals surface area contributed by atoms with E-state index in [-0.39, 0.29) is 0 Å². The molecule has 1 aliphatic carbocycles. The number of hydrogen-bond donors (Lipinski definition) is 0. The van der Waals surface area contributed by atoms with Gasteiger partial charge in [0.15, 0.2) is 0 Å². The molecule has 9 aromatic carbocycles.